The molecule has 35 heavy (non-hydrogen) atoms. The summed E-state index contributed by atoms with van der Waals surface area (Å²) in [6, 6.07) is 25.6. The summed E-state index contributed by atoms with van der Waals surface area (Å²) in [6.07, 6.45) is 1.75. The number of anilines is 1. The molecule has 0 unspecified atom stereocenters. The van der Waals surface area contributed by atoms with Crippen LogP contribution >= 0.6 is 22.7 Å². The van der Waals surface area contributed by atoms with Gasteiger partial charge >= 0.3 is 0 Å². The number of aryl methyl sites for hydroxylation is 1. The molecule has 0 spiro atoms. The lowest BCUT2D eigenvalue weighted by atomic mass is 10.1. The third-order valence-electron chi connectivity index (χ3n) is 5.78. The van der Waals surface area contributed by atoms with Crippen LogP contribution in [0.1, 0.15) is 21.6 Å². The molecule has 0 aliphatic rings. The quantitative estimate of drug-likeness (QED) is 0.257. The van der Waals surface area contributed by atoms with Crippen LogP contribution in [0, 0.1) is 6.92 Å². The molecule has 0 saturated heterocycles. The maximum Gasteiger partial charge on any atom is 0.261 e. The number of hydrogen-bond donors (Lipinski definition) is 0. The first-order chi connectivity index (χ1) is 17.2. The molecule has 0 atom stereocenters. The van der Waals surface area contributed by atoms with E-state index in [1.807, 2.05) is 78.2 Å². The van der Waals surface area contributed by atoms with Gasteiger partial charge in [0.25, 0.3) is 5.91 Å². The van der Waals surface area contributed by atoms with Crippen LogP contribution in [0.3, 0.4) is 0 Å². The number of aromatic nitrogens is 3. The summed E-state index contributed by atoms with van der Waals surface area (Å²) in [5.41, 5.74) is 5.03. The molecule has 4 heterocycles. The van der Waals surface area contributed by atoms with Gasteiger partial charge in [-0.05, 0) is 60.3 Å². The lowest BCUT2D eigenvalue weighted by Gasteiger charge is -2.21. The molecule has 6 aromatic rings. The minimum Gasteiger partial charge on any atom is -0.278 e. The van der Waals surface area contributed by atoms with E-state index in [1.54, 1.807) is 22.4 Å². The first-order valence-electron chi connectivity index (χ1n) is 11.2. The average molecular weight is 493 g/mol. The van der Waals surface area contributed by atoms with E-state index >= 15 is 0 Å². The Balaban J connectivity index is 1.52. The van der Waals surface area contributed by atoms with Gasteiger partial charge in [-0.15, -0.1) is 11.3 Å². The van der Waals surface area contributed by atoms with E-state index in [0.717, 1.165) is 42.9 Å². The fourth-order valence-corrected chi connectivity index (χ4v) is 5.81. The van der Waals surface area contributed by atoms with Crippen molar-refractivity contribution in [2.45, 2.75) is 13.5 Å². The Morgan fingerprint density at radius 2 is 1.80 bits per heavy atom. The summed E-state index contributed by atoms with van der Waals surface area (Å²) in [5, 5.41) is 3.49. The predicted molar refractivity (Wildman–Crippen MR) is 144 cm³/mol. The van der Waals surface area contributed by atoms with E-state index in [-0.39, 0.29) is 5.91 Å². The summed E-state index contributed by atoms with van der Waals surface area (Å²) in [7, 11) is 0. The van der Waals surface area contributed by atoms with Crippen molar-refractivity contribution in [3.8, 4) is 10.6 Å². The van der Waals surface area contributed by atoms with E-state index in [1.165, 1.54) is 11.3 Å². The number of hydrogen-bond acceptors (Lipinski definition) is 6. The fraction of sp³-hybridized carbons (Fsp3) is 0.0714. The Bertz CT molecular complexity index is 1660. The standard InChI is InChI=1S/C28H20N4OS2/c1-18-11-12-23-26(15-18)35-28(31-23)32(17-19-7-4-5-13-29-19)27(33)21-16-24(25-10-6-14-34-25)30-22-9-3-2-8-20(21)22/h2-16H,17H2,1H3. The highest BCUT2D eigenvalue weighted by Crippen LogP contribution is 2.34. The number of fused-ring (bicyclic) bond motifs is 2. The van der Waals surface area contributed by atoms with Gasteiger partial charge < -0.3 is 0 Å². The second-order valence-corrected chi connectivity index (χ2v) is 10.2. The zero-order chi connectivity index (χ0) is 23.8. The molecule has 170 valence electrons. The van der Waals surface area contributed by atoms with Crippen molar-refractivity contribution in [2.24, 2.45) is 0 Å². The number of carbonyl (C=O) groups is 1. The number of pyridine rings is 2. The summed E-state index contributed by atoms with van der Waals surface area (Å²) in [4.78, 5) is 31.2. The molecular formula is C28H20N4OS2. The molecule has 0 N–H and O–H groups in total. The van der Waals surface area contributed by atoms with Crippen LogP contribution in [0.25, 0.3) is 31.7 Å². The molecule has 0 radical (unpaired) electrons. The molecule has 6 rings (SSSR count). The zero-order valence-electron chi connectivity index (χ0n) is 18.9. The third kappa shape index (κ3) is 4.20. The Labute approximate surface area is 210 Å². The SMILES string of the molecule is Cc1ccc2nc(N(Cc3ccccn3)C(=O)c3cc(-c4cccs4)nc4ccccc34)sc2c1. The lowest BCUT2D eigenvalue weighted by molar-refractivity contribution is 0.0986. The molecule has 2 aromatic carbocycles. The van der Waals surface area contributed by atoms with Crippen molar-refractivity contribution in [3.05, 3.63) is 107 Å². The predicted octanol–water partition coefficient (Wildman–Crippen LogP) is 7.12. The second-order valence-electron chi connectivity index (χ2n) is 8.23. The number of thiophene rings is 1. The van der Waals surface area contributed by atoms with Gasteiger partial charge in [-0.1, -0.05) is 47.7 Å². The van der Waals surface area contributed by atoms with Gasteiger partial charge in [-0.3, -0.25) is 14.7 Å². The number of carbonyl (C=O) groups excluding carboxylic acids is 1. The molecule has 1 amide bonds. The molecule has 0 aliphatic carbocycles. The molecule has 7 heteroatoms. The maximum absolute atomic E-state index is 14.3. The fourth-order valence-electron chi connectivity index (χ4n) is 4.06. The van der Waals surface area contributed by atoms with Gasteiger partial charge in [0.15, 0.2) is 5.13 Å². The molecule has 0 saturated carbocycles. The summed E-state index contributed by atoms with van der Waals surface area (Å²) < 4.78 is 1.05. The van der Waals surface area contributed by atoms with Crippen LogP contribution in [0.2, 0.25) is 0 Å². The highest BCUT2D eigenvalue weighted by molar-refractivity contribution is 7.22. The summed E-state index contributed by atoms with van der Waals surface area (Å²) in [5.74, 6) is -0.122. The lowest BCUT2D eigenvalue weighted by Crippen LogP contribution is -2.31. The van der Waals surface area contributed by atoms with Gasteiger partial charge in [0.05, 0.1) is 44.1 Å². The maximum atomic E-state index is 14.3. The third-order valence-corrected chi connectivity index (χ3v) is 7.71. The Kier molecular flexibility index (Phi) is 5.56. The topological polar surface area (TPSA) is 59.0 Å². The largest absolute Gasteiger partial charge is 0.278 e. The van der Waals surface area contributed by atoms with Crippen LogP contribution < -0.4 is 4.90 Å². The highest BCUT2D eigenvalue weighted by Gasteiger charge is 2.25. The van der Waals surface area contributed by atoms with E-state index in [0.29, 0.717) is 17.2 Å². The first kappa shape index (κ1) is 21.6. The van der Waals surface area contributed by atoms with E-state index in [2.05, 4.69) is 18.0 Å². The van der Waals surface area contributed by atoms with Crippen molar-refractivity contribution in [2.75, 3.05) is 4.90 Å². The van der Waals surface area contributed by atoms with E-state index in [4.69, 9.17) is 9.97 Å². The Hall–Kier alpha value is -3.94. The summed E-state index contributed by atoms with van der Waals surface area (Å²) in [6.45, 7) is 2.38. The highest BCUT2D eigenvalue weighted by atomic mass is 32.1. The van der Waals surface area contributed by atoms with Crippen LogP contribution in [-0.2, 0) is 6.54 Å². The minimum atomic E-state index is -0.122. The van der Waals surface area contributed by atoms with E-state index < -0.39 is 0 Å². The zero-order valence-corrected chi connectivity index (χ0v) is 20.5. The van der Waals surface area contributed by atoms with Crippen LogP contribution in [0.5, 0.6) is 0 Å². The number of nitrogens with zero attached hydrogens (tertiary/aromatic N) is 4. The number of amides is 1. The molecular weight excluding hydrogens is 472 g/mol. The van der Waals surface area contributed by atoms with Gasteiger partial charge in [0.2, 0.25) is 0 Å². The average Bonchev–Trinajstić information content (AvgIpc) is 3.57. The molecule has 4 aromatic heterocycles. The molecule has 5 nitrogen and oxygen atoms in total. The number of para-hydroxylation sites is 1. The Morgan fingerprint density at radius 1 is 0.914 bits per heavy atom. The van der Waals surface area contributed by atoms with Crippen LogP contribution in [0.4, 0.5) is 5.13 Å². The minimum absolute atomic E-state index is 0.122. The van der Waals surface area contributed by atoms with Gasteiger partial charge in [-0.2, -0.15) is 0 Å². The van der Waals surface area contributed by atoms with Crippen molar-refractivity contribution in [3.63, 3.8) is 0 Å². The van der Waals surface area contributed by atoms with Gasteiger partial charge in [-0.25, -0.2) is 9.97 Å². The van der Waals surface area contributed by atoms with Gasteiger partial charge in [0, 0.05) is 11.6 Å². The number of rotatable bonds is 5. The van der Waals surface area contributed by atoms with Crippen molar-refractivity contribution >= 4 is 54.8 Å². The smallest absolute Gasteiger partial charge is 0.261 e. The number of benzene rings is 2. The Morgan fingerprint density at radius 3 is 2.63 bits per heavy atom. The van der Waals surface area contributed by atoms with Gasteiger partial charge in [0.1, 0.15) is 0 Å². The van der Waals surface area contributed by atoms with Crippen molar-refractivity contribution in [1.29, 1.82) is 0 Å². The first-order valence-corrected chi connectivity index (χ1v) is 12.9. The van der Waals surface area contributed by atoms with Crippen molar-refractivity contribution < 1.29 is 4.79 Å². The van der Waals surface area contributed by atoms with E-state index in [9.17, 15) is 4.79 Å². The van der Waals surface area contributed by atoms with Crippen LogP contribution in [-0.4, -0.2) is 20.9 Å². The summed E-state index contributed by atoms with van der Waals surface area (Å²) >= 11 is 3.13. The monoisotopic (exact) mass is 492 g/mol. The molecule has 0 fully saturated rings. The molecule has 0 bridgehead atoms. The normalized spacial score (nSPS) is 11.2. The van der Waals surface area contributed by atoms with Crippen LogP contribution in [0.15, 0.2) is 90.4 Å². The number of thiazole rings is 1. The van der Waals surface area contributed by atoms with Crippen molar-refractivity contribution in [1.82, 2.24) is 15.0 Å². The second kappa shape index (κ2) is 9.02. The molecule has 0 aliphatic heterocycles.